The van der Waals surface area contributed by atoms with Gasteiger partial charge >= 0.3 is 5.97 Å². The zero-order valence-corrected chi connectivity index (χ0v) is 25.0. The minimum atomic E-state index is -0.724. The van der Waals surface area contributed by atoms with E-state index in [-0.39, 0.29) is 17.5 Å². The lowest BCUT2D eigenvalue weighted by molar-refractivity contribution is -0.143. The zero-order chi connectivity index (χ0) is 30.2. The van der Waals surface area contributed by atoms with Gasteiger partial charge in [-0.05, 0) is 56.7 Å². The Morgan fingerprint density at radius 1 is 1.07 bits per heavy atom. The molecular formula is C34H30FN3O4S. The summed E-state index contributed by atoms with van der Waals surface area (Å²) in [5.41, 5.74) is 3.62. The van der Waals surface area contributed by atoms with Crippen LogP contribution in [0.1, 0.15) is 43.5 Å². The minimum Gasteiger partial charge on any atom is -0.497 e. The van der Waals surface area contributed by atoms with E-state index >= 15 is 0 Å². The van der Waals surface area contributed by atoms with Crippen molar-refractivity contribution in [3.05, 3.63) is 132 Å². The molecule has 218 valence electrons. The van der Waals surface area contributed by atoms with Gasteiger partial charge in [-0.1, -0.05) is 59.9 Å². The quantitative estimate of drug-likeness (QED) is 0.238. The summed E-state index contributed by atoms with van der Waals surface area (Å²) in [5.74, 6) is -0.117. The van der Waals surface area contributed by atoms with Crippen LogP contribution in [0.5, 0.6) is 5.75 Å². The van der Waals surface area contributed by atoms with Crippen LogP contribution in [0.3, 0.4) is 0 Å². The molecule has 0 amide bonds. The number of esters is 1. The molecule has 43 heavy (non-hydrogen) atoms. The highest BCUT2D eigenvalue weighted by Crippen LogP contribution is 2.32. The molecule has 0 saturated carbocycles. The third-order valence-corrected chi connectivity index (χ3v) is 8.40. The van der Waals surface area contributed by atoms with Gasteiger partial charge in [-0.2, -0.15) is 0 Å². The number of halogens is 1. The first-order valence-corrected chi connectivity index (χ1v) is 14.8. The van der Waals surface area contributed by atoms with Gasteiger partial charge in [-0.15, -0.1) is 0 Å². The largest absolute Gasteiger partial charge is 0.497 e. The fourth-order valence-corrected chi connectivity index (χ4v) is 6.47. The number of rotatable bonds is 7. The van der Waals surface area contributed by atoms with E-state index in [1.807, 2.05) is 59.3 Å². The Balaban J connectivity index is 1.51. The first-order valence-electron chi connectivity index (χ1n) is 13.9. The summed E-state index contributed by atoms with van der Waals surface area (Å²) in [7, 11) is 1.58. The summed E-state index contributed by atoms with van der Waals surface area (Å²) in [6.07, 6.45) is 3.45. The van der Waals surface area contributed by atoms with Crippen LogP contribution in [0, 0.1) is 5.82 Å². The Labute approximate surface area is 251 Å². The molecule has 9 heteroatoms. The van der Waals surface area contributed by atoms with Crippen molar-refractivity contribution in [1.29, 1.82) is 0 Å². The molecule has 1 aliphatic rings. The van der Waals surface area contributed by atoms with Crippen LogP contribution in [0.2, 0.25) is 0 Å². The highest BCUT2D eigenvalue weighted by Gasteiger charge is 2.33. The van der Waals surface area contributed by atoms with Gasteiger partial charge in [0, 0.05) is 28.2 Å². The van der Waals surface area contributed by atoms with Crippen LogP contribution >= 0.6 is 11.3 Å². The maximum absolute atomic E-state index is 14.5. The fourth-order valence-electron chi connectivity index (χ4n) is 5.43. The molecule has 0 aliphatic carbocycles. The number of aromatic nitrogens is 2. The number of fused-ring (bicyclic) bond motifs is 2. The van der Waals surface area contributed by atoms with E-state index in [9.17, 15) is 14.0 Å². The lowest BCUT2D eigenvalue weighted by Gasteiger charge is -2.25. The van der Waals surface area contributed by atoms with Crippen molar-refractivity contribution < 1.29 is 18.7 Å². The summed E-state index contributed by atoms with van der Waals surface area (Å²) in [4.78, 5) is 32.7. The van der Waals surface area contributed by atoms with Gasteiger partial charge in [0.1, 0.15) is 11.6 Å². The Morgan fingerprint density at radius 3 is 2.51 bits per heavy atom. The Bertz CT molecular complexity index is 2070. The predicted molar refractivity (Wildman–Crippen MR) is 165 cm³/mol. The number of carbonyl (C=O) groups excluding carboxylic acids is 1. The maximum atomic E-state index is 14.5. The van der Waals surface area contributed by atoms with Crippen molar-refractivity contribution in [3.8, 4) is 5.75 Å². The van der Waals surface area contributed by atoms with Crippen LogP contribution in [-0.4, -0.2) is 28.3 Å². The average molecular weight is 596 g/mol. The van der Waals surface area contributed by atoms with E-state index in [0.717, 1.165) is 22.0 Å². The minimum absolute atomic E-state index is 0.266. The molecule has 3 heterocycles. The molecule has 1 aliphatic heterocycles. The van der Waals surface area contributed by atoms with Crippen molar-refractivity contribution in [3.63, 3.8) is 0 Å². The number of carbonyl (C=O) groups is 1. The lowest BCUT2D eigenvalue weighted by atomic mass is 9.96. The van der Waals surface area contributed by atoms with Gasteiger partial charge in [0.25, 0.3) is 5.56 Å². The zero-order valence-electron chi connectivity index (χ0n) is 24.2. The molecule has 0 saturated heterocycles. The summed E-state index contributed by atoms with van der Waals surface area (Å²) in [6, 6.07) is 21.1. The number of hydrogen-bond acceptors (Lipinski definition) is 6. The molecule has 1 atom stereocenters. The number of ether oxygens (including phenoxy) is 2. The smallest absolute Gasteiger partial charge is 0.338 e. The third kappa shape index (κ3) is 5.32. The van der Waals surface area contributed by atoms with E-state index in [2.05, 4.69) is 4.99 Å². The van der Waals surface area contributed by atoms with Crippen LogP contribution in [-0.2, 0) is 16.1 Å². The van der Waals surface area contributed by atoms with E-state index in [4.69, 9.17) is 9.47 Å². The van der Waals surface area contributed by atoms with Gasteiger partial charge in [0.15, 0.2) is 4.80 Å². The summed E-state index contributed by atoms with van der Waals surface area (Å²) in [6.45, 7) is 5.68. The standard InChI is InChI=1S/C34H30FN3O4S/c1-20(2)42-33(40)30-21(3)36-34-38(31(30)22-13-15-25(41-4)16-14-22)32(39)29(43-34)17-24-19-37(28-12-8-6-10-26(24)28)18-23-9-5-7-11-27(23)35/h5-17,19-20,31H,18H2,1-4H3/b29-17-. The average Bonchev–Trinajstić information content (AvgIpc) is 3.49. The number of methoxy groups -OCH3 is 1. The van der Waals surface area contributed by atoms with Crippen molar-refractivity contribution in [2.24, 2.45) is 4.99 Å². The Kier molecular flexibility index (Phi) is 7.58. The van der Waals surface area contributed by atoms with Crippen molar-refractivity contribution in [2.45, 2.75) is 39.5 Å². The van der Waals surface area contributed by atoms with Gasteiger partial charge in [0.2, 0.25) is 0 Å². The molecular weight excluding hydrogens is 565 g/mol. The SMILES string of the molecule is COc1ccc(C2C(C(=O)OC(C)C)=C(C)N=c3s/c(=C\c4cn(Cc5ccccc5F)c5ccccc45)c(=O)n32)cc1. The topological polar surface area (TPSA) is 74.8 Å². The van der Waals surface area contributed by atoms with Gasteiger partial charge in [-0.25, -0.2) is 14.2 Å². The molecule has 0 spiro atoms. The molecule has 3 aromatic carbocycles. The van der Waals surface area contributed by atoms with Crippen LogP contribution in [0.25, 0.3) is 17.0 Å². The van der Waals surface area contributed by atoms with Crippen molar-refractivity contribution in [2.75, 3.05) is 7.11 Å². The molecule has 6 rings (SSSR count). The van der Waals surface area contributed by atoms with Crippen molar-refractivity contribution in [1.82, 2.24) is 9.13 Å². The molecule has 2 aromatic heterocycles. The number of nitrogens with zero attached hydrogens (tertiary/aromatic N) is 3. The molecule has 5 aromatic rings. The number of hydrogen-bond donors (Lipinski definition) is 0. The predicted octanol–water partition coefficient (Wildman–Crippen LogP) is 5.34. The number of para-hydroxylation sites is 1. The number of allylic oxidation sites excluding steroid dienone is 1. The van der Waals surface area contributed by atoms with E-state index in [1.165, 1.54) is 17.4 Å². The monoisotopic (exact) mass is 595 g/mol. The second-order valence-corrected chi connectivity index (χ2v) is 11.6. The number of benzene rings is 3. The normalized spacial score (nSPS) is 15.1. The fraction of sp³-hybridized carbons (Fsp3) is 0.206. The number of thiazole rings is 1. The summed E-state index contributed by atoms with van der Waals surface area (Å²) >= 11 is 1.27. The van der Waals surface area contributed by atoms with Gasteiger partial charge < -0.3 is 14.0 Å². The second kappa shape index (κ2) is 11.5. The first kappa shape index (κ1) is 28.4. The molecule has 0 bridgehead atoms. The Hall–Kier alpha value is -4.76. The molecule has 0 N–H and O–H groups in total. The third-order valence-electron chi connectivity index (χ3n) is 7.42. The van der Waals surface area contributed by atoms with E-state index in [0.29, 0.717) is 38.5 Å². The van der Waals surface area contributed by atoms with Crippen LogP contribution < -0.4 is 19.6 Å². The highest BCUT2D eigenvalue weighted by molar-refractivity contribution is 7.07. The molecule has 0 radical (unpaired) electrons. The van der Waals surface area contributed by atoms with Gasteiger partial charge in [-0.3, -0.25) is 9.36 Å². The lowest BCUT2D eigenvalue weighted by Crippen LogP contribution is -2.40. The highest BCUT2D eigenvalue weighted by atomic mass is 32.1. The van der Waals surface area contributed by atoms with Crippen LogP contribution in [0.4, 0.5) is 4.39 Å². The van der Waals surface area contributed by atoms with Gasteiger partial charge in [0.05, 0.1) is 41.6 Å². The van der Waals surface area contributed by atoms with Crippen LogP contribution in [0.15, 0.2) is 100 Å². The Morgan fingerprint density at radius 2 is 1.79 bits per heavy atom. The van der Waals surface area contributed by atoms with Crippen molar-refractivity contribution >= 4 is 34.3 Å². The summed E-state index contributed by atoms with van der Waals surface area (Å²) in [5, 5.41) is 0.939. The summed E-state index contributed by atoms with van der Waals surface area (Å²) < 4.78 is 29.5. The van der Waals surface area contributed by atoms with E-state index in [1.54, 1.807) is 56.7 Å². The molecule has 0 fully saturated rings. The first-order chi connectivity index (χ1) is 20.7. The molecule has 7 nitrogen and oxygen atoms in total. The second-order valence-electron chi connectivity index (χ2n) is 10.6. The molecule has 1 unspecified atom stereocenters. The van der Waals surface area contributed by atoms with E-state index < -0.39 is 12.0 Å². The maximum Gasteiger partial charge on any atom is 0.338 e.